The lowest BCUT2D eigenvalue weighted by molar-refractivity contribution is -0.129. The highest BCUT2D eigenvalue weighted by Crippen LogP contribution is 2.35. The summed E-state index contributed by atoms with van der Waals surface area (Å²) in [6.45, 7) is 3.31. The van der Waals surface area contributed by atoms with Crippen LogP contribution >= 0.6 is 23.2 Å². The summed E-state index contributed by atoms with van der Waals surface area (Å²) in [5.41, 5.74) is 1.72. The average Bonchev–Trinajstić information content (AvgIpc) is 2.42. The molecule has 2 nitrogen and oxygen atoms in total. The van der Waals surface area contributed by atoms with Gasteiger partial charge in [0, 0.05) is 5.56 Å². The van der Waals surface area contributed by atoms with Crippen molar-refractivity contribution in [2.24, 2.45) is 0 Å². The monoisotopic (exact) mass is 292 g/mol. The van der Waals surface area contributed by atoms with Crippen molar-refractivity contribution in [3.63, 3.8) is 0 Å². The van der Waals surface area contributed by atoms with E-state index in [1.807, 2.05) is 36.4 Å². The van der Waals surface area contributed by atoms with E-state index in [1.54, 1.807) is 12.1 Å². The van der Waals surface area contributed by atoms with Gasteiger partial charge in [-0.1, -0.05) is 72.2 Å². The summed E-state index contributed by atoms with van der Waals surface area (Å²) in [5.74, 6) is -0.455. The maximum Gasteiger partial charge on any atom is 0.354 e. The third kappa shape index (κ3) is 3.16. The molecule has 0 aromatic heterocycles. The van der Waals surface area contributed by atoms with E-state index in [2.05, 4.69) is 6.58 Å². The lowest BCUT2D eigenvalue weighted by Gasteiger charge is -2.09. The first-order valence-corrected chi connectivity index (χ1v) is 6.25. The molecule has 0 unspecified atom stereocenters. The molecule has 19 heavy (non-hydrogen) atoms. The van der Waals surface area contributed by atoms with Crippen molar-refractivity contribution < 1.29 is 9.53 Å². The number of carbonyl (C=O) groups excluding carboxylic acids is 1. The number of halogens is 2. The molecule has 0 heterocycles. The van der Waals surface area contributed by atoms with Gasteiger partial charge in [-0.2, -0.15) is 0 Å². The molecule has 0 spiro atoms. The van der Waals surface area contributed by atoms with E-state index in [9.17, 15) is 4.79 Å². The molecule has 2 aromatic rings. The molecule has 2 rings (SSSR count). The van der Waals surface area contributed by atoms with Crippen LogP contribution in [0.5, 0.6) is 5.75 Å². The standard InChI is InChI=1S/C15H10Cl2O2/c1-10(16)15(18)19-13-9-5-8-12(14(13)17)11-6-3-2-4-7-11/h2-9H,1H2. The van der Waals surface area contributed by atoms with Gasteiger partial charge in [0.1, 0.15) is 10.8 Å². The fourth-order valence-corrected chi connectivity index (χ4v) is 1.90. The van der Waals surface area contributed by atoms with Crippen molar-refractivity contribution in [3.05, 3.63) is 65.2 Å². The van der Waals surface area contributed by atoms with Gasteiger partial charge >= 0.3 is 5.97 Å². The van der Waals surface area contributed by atoms with Crippen LogP contribution in [-0.4, -0.2) is 5.97 Å². The van der Waals surface area contributed by atoms with Crippen LogP contribution in [-0.2, 0) is 4.79 Å². The smallest absolute Gasteiger partial charge is 0.354 e. The van der Waals surface area contributed by atoms with Gasteiger partial charge < -0.3 is 4.74 Å². The van der Waals surface area contributed by atoms with E-state index in [1.165, 1.54) is 0 Å². The zero-order chi connectivity index (χ0) is 13.8. The van der Waals surface area contributed by atoms with Crippen LogP contribution < -0.4 is 4.74 Å². The fourth-order valence-electron chi connectivity index (χ4n) is 1.59. The van der Waals surface area contributed by atoms with E-state index in [0.29, 0.717) is 5.02 Å². The molecular weight excluding hydrogens is 283 g/mol. The Hall–Kier alpha value is -1.77. The Bertz CT molecular complexity index is 621. The van der Waals surface area contributed by atoms with Crippen molar-refractivity contribution in [2.75, 3.05) is 0 Å². The quantitative estimate of drug-likeness (QED) is 0.467. The molecule has 0 aliphatic carbocycles. The van der Waals surface area contributed by atoms with Gasteiger partial charge in [-0.15, -0.1) is 0 Å². The molecule has 0 bridgehead atoms. The van der Waals surface area contributed by atoms with Gasteiger partial charge in [-0.25, -0.2) is 4.79 Å². The van der Waals surface area contributed by atoms with Gasteiger partial charge in [0.25, 0.3) is 0 Å². The number of carbonyl (C=O) groups is 1. The lowest BCUT2D eigenvalue weighted by atomic mass is 10.1. The summed E-state index contributed by atoms with van der Waals surface area (Å²) in [6.07, 6.45) is 0. The Kier molecular flexibility index (Phi) is 4.25. The number of ether oxygens (including phenoxy) is 1. The molecule has 0 fully saturated rings. The molecule has 0 aliphatic rings. The minimum atomic E-state index is -0.714. The van der Waals surface area contributed by atoms with Crippen LogP contribution in [0.1, 0.15) is 0 Å². The SMILES string of the molecule is C=C(Cl)C(=O)Oc1cccc(-c2ccccc2)c1Cl. The molecule has 0 radical (unpaired) electrons. The van der Waals surface area contributed by atoms with E-state index >= 15 is 0 Å². The second-order valence-corrected chi connectivity index (χ2v) is 4.61. The maximum absolute atomic E-state index is 11.4. The predicted molar refractivity (Wildman–Crippen MR) is 77.5 cm³/mol. The molecule has 2 aromatic carbocycles. The van der Waals surface area contributed by atoms with E-state index in [0.717, 1.165) is 11.1 Å². The van der Waals surface area contributed by atoms with Crippen molar-refractivity contribution in [1.82, 2.24) is 0 Å². The second-order valence-electron chi connectivity index (χ2n) is 3.78. The first-order chi connectivity index (χ1) is 9.09. The highest BCUT2D eigenvalue weighted by molar-refractivity contribution is 6.41. The topological polar surface area (TPSA) is 26.3 Å². The molecule has 0 N–H and O–H groups in total. The summed E-state index contributed by atoms with van der Waals surface area (Å²) in [4.78, 5) is 11.4. The maximum atomic E-state index is 11.4. The van der Waals surface area contributed by atoms with Crippen molar-refractivity contribution in [3.8, 4) is 16.9 Å². The number of benzene rings is 2. The van der Waals surface area contributed by atoms with Gasteiger partial charge in [-0.05, 0) is 11.6 Å². The Labute approximate surface area is 121 Å². The first kappa shape index (κ1) is 13.7. The molecule has 0 saturated carbocycles. The normalized spacial score (nSPS) is 10.0. The van der Waals surface area contributed by atoms with Crippen molar-refractivity contribution in [1.29, 1.82) is 0 Å². The highest BCUT2D eigenvalue weighted by atomic mass is 35.5. The Balaban J connectivity index is 2.39. The summed E-state index contributed by atoms with van der Waals surface area (Å²) in [6, 6.07) is 14.8. The summed E-state index contributed by atoms with van der Waals surface area (Å²) in [5, 5.41) is 0.168. The predicted octanol–water partition coefficient (Wildman–Crippen LogP) is 4.66. The van der Waals surface area contributed by atoms with Gasteiger partial charge in [-0.3, -0.25) is 0 Å². The average molecular weight is 293 g/mol. The van der Waals surface area contributed by atoms with Crippen LogP contribution in [0.2, 0.25) is 5.02 Å². The Morgan fingerprint density at radius 2 is 1.74 bits per heavy atom. The third-order valence-electron chi connectivity index (χ3n) is 2.47. The minimum Gasteiger partial charge on any atom is -0.421 e. The summed E-state index contributed by atoms with van der Waals surface area (Å²) in [7, 11) is 0. The molecule has 0 aliphatic heterocycles. The number of rotatable bonds is 3. The number of hydrogen-bond acceptors (Lipinski definition) is 2. The van der Waals surface area contributed by atoms with Gasteiger partial charge in [0.15, 0.2) is 0 Å². The van der Waals surface area contributed by atoms with Crippen LogP contribution in [0.15, 0.2) is 60.1 Å². The number of esters is 1. The zero-order valence-electron chi connectivity index (χ0n) is 9.90. The number of hydrogen-bond donors (Lipinski definition) is 0. The molecular formula is C15H10Cl2O2. The highest BCUT2D eigenvalue weighted by Gasteiger charge is 2.13. The lowest BCUT2D eigenvalue weighted by Crippen LogP contribution is -2.07. The first-order valence-electron chi connectivity index (χ1n) is 5.50. The molecule has 0 atom stereocenters. The third-order valence-corrected chi connectivity index (χ3v) is 3.02. The molecule has 96 valence electrons. The summed E-state index contributed by atoms with van der Waals surface area (Å²) >= 11 is 11.7. The largest absolute Gasteiger partial charge is 0.421 e. The molecule has 4 heteroatoms. The van der Waals surface area contributed by atoms with E-state index in [-0.39, 0.29) is 10.8 Å². The van der Waals surface area contributed by atoms with Gasteiger partial charge in [0.05, 0.1) is 5.02 Å². The van der Waals surface area contributed by atoms with Crippen molar-refractivity contribution in [2.45, 2.75) is 0 Å². The fraction of sp³-hybridized carbons (Fsp3) is 0. The minimum absolute atomic E-state index is 0.193. The van der Waals surface area contributed by atoms with Gasteiger partial charge in [0.2, 0.25) is 0 Å². The van der Waals surface area contributed by atoms with Crippen molar-refractivity contribution >= 4 is 29.2 Å². The van der Waals surface area contributed by atoms with E-state index in [4.69, 9.17) is 27.9 Å². The van der Waals surface area contributed by atoms with Crippen LogP contribution in [0.3, 0.4) is 0 Å². The summed E-state index contributed by atoms with van der Waals surface area (Å²) < 4.78 is 5.07. The second kappa shape index (κ2) is 5.91. The Morgan fingerprint density at radius 1 is 1.05 bits per heavy atom. The molecule has 0 saturated heterocycles. The molecule has 0 amide bonds. The van der Waals surface area contributed by atoms with Crippen LogP contribution in [0.25, 0.3) is 11.1 Å². The van der Waals surface area contributed by atoms with Crippen LogP contribution in [0, 0.1) is 0 Å². The van der Waals surface area contributed by atoms with E-state index < -0.39 is 5.97 Å². The zero-order valence-corrected chi connectivity index (χ0v) is 11.4. The Morgan fingerprint density at radius 3 is 2.37 bits per heavy atom. The van der Waals surface area contributed by atoms with Crippen LogP contribution in [0.4, 0.5) is 0 Å².